The fourth-order valence-electron chi connectivity index (χ4n) is 3.37. The molecule has 0 bridgehead atoms. The van der Waals surface area contributed by atoms with Gasteiger partial charge < -0.3 is 5.32 Å². The molecule has 0 spiro atoms. The van der Waals surface area contributed by atoms with Crippen molar-refractivity contribution in [2.75, 3.05) is 18.4 Å². The second kappa shape index (κ2) is 9.91. The fourth-order valence-corrected chi connectivity index (χ4v) is 4.14. The van der Waals surface area contributed by atoms with Crippen LogP contribution in [0.5, 0.6) is 0 Å². The smallest absolute Gasteiger partial charge is 0.279 e. The van der Waals surface area contributed by atoms with Crippen molar-refractivity contribution in [3.63, 3.8) is 0 Å². The molecule has 4 rings (SSSR count). The van der Waals surface area contributed by atoms with Crippen molar-refractivity contribution in [3.8, 4) is 0 Å². The van der Waals surface area contributed by atoms with E-state index in [2.05, 4.69) is 56.3 Å². The monoisotopic (exact) mass is 433 g/mol. The summed E-state index contributed by atoms with van der Waals surface area (Å²) in [5.74, 6) is 0.213. The number of hydrogen-bond acceptors (Lipinski definition) is 7. The normalized spacial score (nSPS) is 16.2. The number of benzene rings is 1. The molecule has 3 aromatic rings. The van der Waals surface area contributed by atoms with Crippen LogP contribution in [0.4, 0.5) is 5.13 Å². The van der Waals surface area contributed by atoms with Crippen LogP contribution >= 0.6 is 23.7 Å². The zero-order chi connectivity index (χ0) is 19.3. The number of amides is 1. The van der Waals surface area contributed by atoms with Gasteiger partial charge in [0.1, 0.15) is 5.01 Å². The van der Waals surface area contributed by atoms with E-state index in [0.717, 1.165) is 24.6 Å². The van der Waals surface area contributed by atoms with Crippen molar-refractivity contribution in [3.05, 3.63) is 52.3 Å². The molecule has 1 unspecified atom stereocenters. The van der Waals surface area contributed by atoms with Crippen LogP contribution in [0.2, 0.25) is 0 Å². The Morgan fingerprint density at radius 3 is 3.03 bits per heavy atom. The Morgan fingerprint density at radius 1 is 1.34 bits per heavy atom. The number of nitrogens with zero attached hydrogens (tertiary/aromatic N) is 5. The quantitative estimate of drug-likeness (QED) is 0.620. The molecular weight excluding hydrogens is 410 g/mol. The highest BCUT2D eigenvalue weighted by Gasteiger charge is 2.17. The number of carbonyl (C=O) groups excluding carboxylic acids is 1. The number of carbonyl (C=O) groups is 1. The number of piperidine rings is 1. The van der Waals surface area contributed by atoms with Crippen LogP contribution in [-0.4, -0.2) is 44.2 Å². The summed E-state index contributed by atoms with van der Waals surface area (Å²) in [6.07, 6.45) is 4.73. The third-order valence-electron chi connectivity index (χ3n) is 4.74. The molecule has 154 valence electrons. The molecule has 2 N–H and O–H groups in total. The van der Waals surface area contributed by atoms with E-state index in [1.54, 1.807) is 10.9 Å². The molecule has 0 aliphatic carbocycles. The molecule has 1 aliphatic heterocycles. The van der Waals surface area contributed by atoms with Crippen molar-refractivity contribution in [2.24, 2.45) is 5.92 Å². The molecule has 8 nitrogen and oxygen atoms in total. The lowest BCUT2D eigenvalue weighted by Crippen LogP contribution is -2.32. The van der Waals surface area contributed by atoms with Crippen molar-refractivity contribution < 1.29 is 4.79 Å². The maximum absolute atomic E-state index is 12.4. The minimum Gasteiger partial charge on any atom is -0.316 e. The van der Waals surface area contributed by atoms with Crippen LogP contribution in [-0.2, 0) is 13.0 Å². The molecule has 10 heteroatoms. The minimum absolute atomic E-state index is 0. The summed E-state index contributed by atoms with van der Waals surface area (Å²) in [5.41, 5.74) is 2.68. The largest absolute Gasteiger partial charge is 0.316 e. The van der Waals surface area contributed by atoms with Gasteiger partial charge in [0, 0.05) is 13.0 Å². The fraction of sp³-hybridized carbons (Fsp3) is 0.421. The van der Waals surface area contributed by atoms with Crippen LogP contribution in [0, 0.1) is 12.8 Å². The van der Waals surface area contributed by atoms with Crippen molar-refractivity contribution in [2.45, 2.75) is 32.7 Å². The van der Waals surface area contributed by atoms with Crippen molar-refractivity contribution in [1.29, 1.82) is 0 Å². The van der Waals surface area contributed by atoms with Gasteiger partial charge in [-0.05, 0) is 44.3 Å². The van der Waals surface area contributed by atoms with Crippen LogP contribution < -0.4 is 10.6 Å². The average Bonchev–Trinajstić information content (AvgIpc) is 3.32. The zero-order valence-corrected chi connectivity index (χ0v) is 17.8. The first kappa shape index (κ1) is 21.4. The molecule has 1 aliphatic rings. The molecule has 1 aromatic carbocycles. The Labute approximate surface area is 179 Å². The summed E-state index contributed by atoms with van der Waals surface area (Å²) in [5, 5.41) is 23.8. The van der Waals surface area contributed by atoms with Crippen LogP contribution in [0.3, 0.4) is 0 Å². The van der Waals surface area contributed by atoms with Crippen molar-refractivity contribution >= 4 is 34.8 Å². The minimum atomic E-state index is -0.314. The second-order valence-electron chi connectivity index (χ2n) is 7.16. The molecule has 3 heterocycles. The van der Waals surface area contributed by atoms with Gasteiger partial charge >= 0.3 is 0 Å². The lowest BCUT2D eigenvalue weighted by Gasteiger charge is -2.22. The average molecular weight is 434 g/mol. The maximum Gasteiger partial charge on any atom is 0.279 e. The molecule has 1 saturated heterocycles. The van der Waals surface area contributed by atoms with E-state index in [0.29, 0.717) is 23.2 Å². The SMILES string of the molecule is Cc1cccc(Cc2nnc(NC(=O)c3cn(CC4CCCNC4)nn3)s2)c1.Cl. The van der Waals surface area contributed by atoms with Crippen molar-refractivity contribution in [1.82, 2.24) is 30.5 Å². The standard InChI is InChI=1S/C19H23N7OS.ClH/c1-13-4-2-5-14(8-13)9-17-23-24-19(28-17)21-18(27)16-12-26(25-22-16)11-15-6-3-7-20-10-15;/h2,4-5,8,12,15,20H,3,6-7,9-11H2,1H3,(H,21,24,27);1H. The number of hydrogen-bond donors (Lipinski definition) is 2. The zero-order valence-electron chi connectivity index (χ0n) is 16.2. The summed E-state index contributed by atoms with van der Waals surface area (Å²) >= 11 is 1.37. The van der Waals surface area contributed by atoms with E-state index in [4.69, 9.17) is 0 Å². The number of rotatable bonds is 6. The molecule has 1 fully saturated rings. The van der Waals surface area contributed by atoms with Gasteiger partial charge in [0.15, 0.2) is 5.69 Å². The highest BCUT2D eigenvalue weighted by molar-refractivity contribution is 7.15. The van der Waals surface area contributed by atoms with Gasteiger partial charge in [0.2, 0.25) is 5.13 Å². The topological polar surface area (TPSA) is 97.6 Å². The molecule has 2 aromatic heterocycles. The first-order chi connectivity index (χ1) is 13.7. The molecular formula is C19H24ClN7OS. The summed E-state index contributed by atoms with van der Waals surface area (Å²) < 4.78 is 1.75. The highest BCUT2D eigenvalue weighted by Crippen LogP contribution is 2.19. The lowest BCUT2D eigenvalue weighted by atomic mass is 10.00. The number of nitrogens with one attached hydrogen (secondary N) is 2. The number of aromatic nitrogens is 5. The third kappa shape index (κ3) is 5.81. The van der Waals surface area contributed by atoms with Gasteiger partial charge in [-0.3, -0.25) is 14.8 Å². The second-order valence-corrected chi connectivity index (χ2v) is 8.22. The van der Waals surface area contributed by atoms with E-state index < -0.39 is 0 Å². The Balaban J connectivity index is 0.00000240. The summed E-state index contributed by atoms with van der Waals surface area (Å²) in [7, 11) is 0. The first-order valence-corrected chi connectivity index (χ1v) is 10.3. The van der Waals surface area contributed by atoms with Gasteiger partial charge in [-0.2, -0.15) is 0 Å². The molecule has 1 atom stereocenters. The van der Waals surface area contributed by atoms with Gasteiger partial charge in [-0.1, -0.05) is 46.4 Å². The van der Waals surface area contributed by atoms with E-state index >= 15 is 0 Å². The number of halogens is 1. The summed E-state index contributed by atoms with van der Waals surface area (Å²) in [6, 6.07) is 8.28. The predicted molar refractivity (Wildman–Crippen MR) is 115 cm³/mol. The third-order valence-corrected chi connectivity index (χ3v) is 5.58. The molecule has 29 heavy (non-hydrogen) atoms. The Bertz CT molecular complexity index is 951. The maximum atomic E-state index is 12.4. The van der Waals surface area contributed by atoms with E-state index in [-0.39, 0.29) is 18.3 Å². The lowest BCUT2D eigenvalue weighted by molar-refractivity contribution is 0.102. The Kier molecular flexibility index (Phi) is 7.29. The predicted octanol–water partition coefficient (Wildman–Crippen LogP) is 2.70. The van der Waals surface area contributed by atoms with Gasteiger partial charge in [-0.15, -0.1) is 27.7 Å². The Hall–Kier alpha value is -2.36. The Morgan fingerprint density at radius 2 is 2.24 bits per heavy atom. The van der Waals surface area contributed by atoms with Crippen LogP contribution in [0.1, 0.15) is 39.5 Å². The van der Waals surface area contributed by atoms with E-state index in [1.807, 2.05) is 6.07 Å². The van der Waals surface area contributed by atoms with Gasteiger partial charge in [0.25, 0.3) is 5.91 Å². The van der Waals surface area contributed by atoms with Gasteiger partial charge in [-0.25, -0.2) is 0 Å². The summed E-state index contributed by atoms with van der Waals surface area (Å²) in [6.45, 7) is 4.89. The molecule has 0 saturated carbocycles. The molecule has 0 radical (unpaired) electrons. The molecule has 1 amide bonds. The number of anilines is 1. The summed E-state index contributed by atoms with van der Waals surface area (Å²) in [4.78, 5) is 12.4. The van der Waals surface area contributed by atoms with E-state index in [9.17, 15) is 4.79 Å². The first-order valence-electron chi connectivity index (χ1n) is 9.46. The van der Waals surface area contributed by atoms with Crippen LogP contribution in [0.15, 0.2) is 30.5 Å². The van der Waals surface area contributed by atoms with E-state index in [1.165, 1.54) is 35.3 Å². The van der Waals surface area contributed by atoms with Gasteiger partial charge in [0.05, 0.1) is 6.20 Å². The number of aryl methyl sites for hydroxylation is 1. The van der Waals surface area contributed by atoms with Crippen LogP contribution in [0.25, 0.3) is 0 Å². The highest BCUT2D eigenvalue weighted by atomic mass is 35.5.